The lowest BCUT2D eigenvalue weighted by Crippen LogP contribution is -2.29. The third-order valence-corrected chi connectivity index (χ3v) is 4.24. The highest BCUT2D eigenvalue weighted by molar-refractivity contribution is 7.90. The van der Waals surface area contributed by atoms with Gasteiger partial charge in [0, 0.05) is 0 Å². The van der Waals surface area contributed by atoms with Crippen molar-refractivity contribution in [3.8, 4) is 0 Å². The second-order valence-electron chi connectivity index (χ2n) is 3.29. The highest BCUT2D eigenvalue weighted by atomic mass is 32.2. The Morgan fingerprint density at radius 3 is 2.36 bits per heavy atom. The summed E-state index contributed by atoms with van der Waals surface area (Å²) in [6.45, 7) is 2.10. The average Bonchev–Trinajstić information content (AvgIpc) is 2.36. The molecule has 1 rings (SSSR count). The van der Waals surface area contributed by atoms with Gasteiger partial charge in [-0.15, -0.1) is 0 Å². The molecule has 0 aromatic carbocycles. The number of hydrogen-bond acceptors (Lipinski definition) is 2. The number of rotatable bonds is 2. The first-order valence-electron chi connectivity index (χ1n) is 3.98. The van der Waals surface area contributed by atoms with Crippen LogP contribution < -0.4 is 4.72 Å². The van der Waals surface area contributed by atoms with Crippen molar-refractivity contribution in [2.24, 2.45) is 5.92 Å². The molecular formula is C7H15NO2S. The van der Waals surface area contributed by atoms with Gasteiger partial charge in [-0.2, -0.15) is 0 Å². The van der Waals surface area contributed by atoms with Crippen LogP contribution in [0.4, 0.5) is 0 Å². The molecule has 0 amide bonds. The van der Waals surface area contributed by atoms with E-state index >= 15 is 0 Å². The molecule has 0 radical (unpaired) electrons. The summed E-state index contributed by atoms with van der Waals surface area (Å²) in [5.41, 5.74) is 0. The topological polar surface area (TPSA) is 46.2 Å². The van der Waals surface area contributed by atoms with Crippen molar-refractivity contribution in [3.63, 3.8) is 0 Å². The van der Waals surface area contributed by atoms with E-state index in [0.29, 0.717) is 5.92 Å². The summed E-state index contributed by atoms with van der Waals surface area (Å²) < 4.78 is 24.8. The molecule has 4 heteroatoms. The molecule has 0 aromatic heterocycles. The predicted octanol–water partition coefficient (Wildman–Crippen LogP) is 0.724. The molecule has 1 N–H and O–H groups in total. The first kappa shape index (κ1) is 9.00. The first-order valence-corrected chi connectivity index (χ1v) is 5.53. The molecule has 2 atom stereocenters. The first-order chi connectivity index (χ1) is 5.06. The van der Waals surface area contributed by atoms with Crippen LogP contribution in [0.3, 0.4) is 0 Å². The summed E-state index contributed by atoms with van der Waals surface area (Å²) in [6.07, 6.45) is 2.69. The van der Waals surface area contributed by atoms with E-state index < -0.39 is 10.0 Å². The maximum Gasteiger partial charge on any atom is 0.214 e. The highest BCUT2D eigenvalue weighted by Crippen LogP contribution is 2.28. The molecule has 0 saturated heterocycles. The Kier molecular flexibility index (Phi) is 2.54. The van der Waals surface area contributed by atoms with E-state index in [4.69, 9.17) is 0 Å². The summed E-state index contributed by atoms with van der Waals surface area (Å²) >= 11 is 0. The quantitative estimate of drug-likeness (QED) is 0.675. The van der Waals surface area contributed by atoms with Gasteiger partial charge in [-0.3, -0.25) is 0 Å². The van der Waals surface area contributed by atoms with Crippen molar-refractivity contribution in [3.05, 3.63) is 0 Å². The van der Waals surface area contributed by atoms with E-state index in [9.17, 15) is 8.42 Å². The Hall–Kier alpha value is -0.0900. The normalized spacial score (nSPS) is 32.5. The van der Waals surface area contributed by atoms with E-state index in [1.807, 2.05) is 0 Å². The van der Waals surface area contributed by atoms with Crippen LogP contribution in [0, 0.1) is 5.92 Å². The summed E-state index contributed by atoms with van der Waals surface area (Å²) in [4.78, 5) is 0. The SMILES string of the molecule is CNS(=O)(=O)C1CCC(C)C1. The Labute approximate surface area is 68.2 Å². The standard InChI is InChI=1S/C7H15NO2S/c1-6-3-4-7(5-6)11(9,10)8-2/h6-8H,3-5H2,1-2H3. The van der Waals surface area contributed by atoms with E-state index in [-0.39, 0.29) is 5.25 Å². The molecule has 3 nitrogen and oxygen atoms in total. The van der Waals surface area contributed by atoms with Crippen LogP contribution in [0.2, 0.25) is 0 Å². The van der Waals surface area contributed by atoms with Gasteiger partial charge >= 0.3 is 0 Å². The van der Waals surface area contributed by atoms with Crippen molar-refractivity contribution < 1.29 is 8.42 Å². The van der Waals surface area contributed by atoms with E-state index in [0.717, 1.165) is 19.3 Å². The summed E-state index contributed by atoms with van der Waals surface area (Å²) in [5, 5.41) is -0.137. The molecule has 1 fully saturated rings. The van der Waals surface area contributed by atoms with Gasteiger partial charge in [-0.1, -0.05) is 6.92 Å². The molecule has 11 heavy (non-hydrogen) atoms. The van der Waals surface area contributed by atoms with Crippen LogP contribution >= 0.6 is 0 Å². The van der Waals surface area contributed by atoms with Gasteiger partial charge in [-0.05, 0) is 32.2 Å². The molecule has 0 bridgehead atoms. The minimum atomic E-state index is -2.98. The predicted molar refractivity (Wildman–Crippen MR) is 44.8 cm³/mol. The van der Waals surface area contributed by atoms with Crippen LogP contribution in [0.15, 0.2) is 0 Å². The lowest BCUT2D eigenvalue weighted by atomic mass is 10.1. The monoisotopic (exact) mass is 177 g/mol. The molecular weight excluding hydrogens is 162 g/mol. The summed E-state index contributed by atoms with van der Waals surface area (Å²) in [6, 6.07) is 0. The van der Waals surface area contributed by atoms with Gasteiger partial charge in [0.25, 0.3) is 0 Å². The number of hydrogen-bond donors (Lipinski definition) is 1. The molecule has 1 saturated carbocycles. The molecule has 0 aromatic rings. The molecule has 66 valence electrons. The van der Waals surface area contributed by atoms with E-state index in [1.165, 1.54) is 7.05 Å². The van der Waals surface area contributed by atoms with Crippen LogP contribution in [0.1, 0.15) is 26.2 Å². The van der Waals surface area contributed by atoms with E-state index in [1.54, 1.807) is 0 Å². The largest absolute Gasteiger partial charge is 0.218 e. The van der Waals surface area contributed by atoms with E-state index in [2.05, 4.69) is 11.6 Å². The Morgan fingerprint density at radius 1 is 1.36 bits per heavy atom. The molecule has 1 aliphatic rings. The van der Waals surface area contributed by atoms with Gasteiger partial charge < -0.3 is 0 Å². The van der Waals surface area contributed by atoms with Crippen molar-refractivity contribution in [1.82, 2.24) is 4.72 Å². The zero-order valence-corrected chi connectivity index (χ0v) is 7.82. The number of sulfonamides is 1. The molecule has 0 spiro atoms. The van der Waals surface area contributed by atoms with Crippen molar-refractivity contribution in [2.75, 3.05) is 7.05 Å². The van der Waals surface area contributed by atoms with Gasteiger partial charge in [0.2, 0.25) is 10.0 Å². The van der Waals surface area contributed by atoms with Gasteiger partial charge in [-0.25, -0.2) is 13.1 Å². The van der Waals surface area contributed by atoms with Crippen molar-refractivity contribution in [2.45, 2.75) is 31.4 Å². The third kappa shape index (κ3) is 1.93. The van der Waals surface area contributed by atoms with Gasteiger partial charge in [0.1, 0.15) is 0 Å². The summed E-state index contributed by atoms with van der Waals surface area (Å²) in [5.74, 6) is 0.572. The fourth-order valence-corrected chi connectivity index (χ4v) is 2.97. The third-order valence-electron chi connectivity index (χ3n) is 2.37. The Bertz CT molecular complexity index is 223. The number of nitrogens with one attached hydrogen (secondary N) is 1. The fraction of sp³-hybridized carbons (Fsp3) is 1.00. The zero-order valence-electron chi connectivity index (χ0n) is 7.00. The maximum atomic E-state index is 11.2. The molecule has 1 aliphatic carbocycles. The molecule has 0 heterocycles. The highest BCUT2D eigenvalue weighted by Gasteiger charge is 2.30. The average molecular weight is 177 g/mol. The minimum absolute atomic E-state index is 0.137. The van der Waals surface area contributed by atoms with Crippen molar-refractivity contribution in [1.29, 1.82) is 0 Å². The van der Waals surface area contributed by atoms with Crippen LogP contribution in [0.5, 0.6) is 0 Å². The van der Waals surface area contributed by atoms with Gasteiger partial charge in [0.05, 0.1) is 5.25 Å². The zero-order chi connectivity index (χ0) is 8.48. The van der Waals surface area contributed by atoms with Crippen molar-refractivity contribution >= 4 is 10.0 Å². The lowest BCUT2D eigenvalue weighted by Gasteiger charge is -2.08. The van der Waals surface area contributed by atoms with Crippen LogP contribution in [0.25, 0.3) is 0 Å². The lowest BCUT2D eigenvalue weighted by molar-refractivity contribution is 0.564. The summed E-state index contributed by atoms with van der Waals surface area (Å²) in [7, 11) is -1.50. The molecule has 2 unspecified atom stereocenters. The maximum absolute atomic E-state index is 11.2. The van der Waals surface area contributed by atoms with Crippen LogP contribution in [-0.4, -0.2) is 20.7 Å². The minimum Gasteiger partial charge on any atom is -0.218 e. The molecule has 0 aliphatic heterocycles. The fourth-order valence-electron chi connectivity index (χ4n) is 1.60. The van der Waals surface area contributed by atoms with Gasteiger partial charge in [0.15, 0.2) is 0 Å². The smallest absolute Gasteiger partial charge is 0.214 e. The van der Waals surface area contributed by atoms with Crippen LogP contribution in [-0.2, 0) is 10.0 Å². The second-order valence-corrected chi connectivity index (χ2v) is 5.45. The Balaban J connectivity index is 2.64. The Morgan fingerprint density at radius 2 is 2.00 bits per heavy atom. The second kappa shape index (κ2) is 3.11.